The van der Waals surface area contributed by atoms with E-state index in [4.69, 9.17) is 27.9 Å². The largest absolute Gasteiger partial charge is 0.502 e. The summed E-state index contributed by atoms with van der Waals surface area (Å²) in [5.74, 6) is -1.40. The zero-order valence-electron chi connectivity index (χ0n) is 12.3. The first-order valence-electron chi connectivity index (χ1n) is 6.29. The third kappa shape index (κ3) is 7.61. The van der Waals surface area contributed by atoms with E-state index >= 15 is 0 Å². The Balaban J connectivity index is 3.54. The van der Waals surface area contributed by atoms with Crippen LogP contribution in [0.15, 0.2) is 12.3 Å². The van der Waals surface area contributed by atoms with Crippen molar-refractivity contribution in [3.8, 4) is 0 Å². The summed E-state index contributed by atoms with van der Waals surface area (Å²) >= 11 is 0. The van der Waals surface area contributed by atoms with Gasteiger partial charge >= 0.3 is 14.8 Å². The van der Waals surface area contributed by atoms with Gasteiger partial charge in [0.15, 0.2) is 5.76 Å². The lowest BCUT2D eigenvalue weighted by atomic mass is 10.4. The molecule has 0 spiro atoms. The highest BCUT2D eigenvalue weighted by Crippen LogP contribution is 2.14. The molecule has 0 aromatic heterocycles. The highest BCUT2D eigenvalue weighted by Gasteiger charge is 2.36. The fraction of sp³-hybridized carbons (Fsp3) is 0.750. The number of hydrogen-bond donors (Lipinski definition) is 1. The van der Waals surface area contributed by atoms with Crippen molar-refractivity contribution in [1.82, 2.24) is 0 Å². The Bertz CT molecular complexity index is 283. The molecule has 0 atom stereocenters. The number of aliphatic hydroxyl groups is 1. The first kappa shape index (κ1) is 19.1. The molecular weight excluding hydrogens is 284 g/mol. The summed E-state index contributed by atoms with van der Waals surface area (Å²) in [5, 5.41) is 8.71. The quantitative estimate of drug-likeness (QED) is 0.191. The van der Waals surface area contributed by atoms with Gasteiger partial charge in [-0.05, 0) is 13.0 Å². The van der Waals surface area contributed by atoms with Crippen molar-refractivity contribution in [3.05, 3.63) is 12.3 Å². The van der Waals surface area contributed by atoms with Gasteiger partial charge in [-0.25, -0.2) is 4.79 Å². The Hall–Kier alpha value is -0.933. The van der Waals surface area contributed by atoms with Crippen molar-refractivity contribution >= 4 is 14.8 Å². The molecule has 0 aliphatic rings. The molecule has 0 aromatic carbocycles. The van der Waals surface area contributed by atoms with Crippen LogP contribution in [0.5, 0.6) is 0 Å². The van der Waals surface area contributed by atoms with Crippen molar-refractivity contribution in [2.45, 2.75) is 18.9 Å². The van der Waals surface area contributed by atoms with Gasteiger partial charge in [0.2, 0.25) is 0 Å². The van der Waals surface area contributed by atoms with Gasteiger partial charge in [0.25, 0.3) is 0 Å². The molecule has 0 heterocycles. The van der Waals surface area contributed by atoms with Crippen LogP contribution in [-0.2, 0) is 27.5 Å². The number of rotatable bonds is 12. The van der Waals surface area contributed by atoms with E-state index in [2.05, 4.69) is 6.58 Å². The third-order valence-electron chi connectivity index (χ3n) is 2.61. The van der Waals surface area contributed by atoms with Crippen LogP contribution in [0.3, 0.4) is 0 Å². The number of ether oxygens (including phenoxy) is 2. The third-order valence-corrected chi connectivity index (χ3v) is 5.44. The second-order valence-corrected chi connectivity index (χ2v) is 7.04. The van der Waals surface area contributed by atoms with E-state index in [1.807, 2.05) is 0 Å². The maximum absolute atomic E-state index is 10.8. The molecule has 0 aliphatic heterocycles. The van der Waals surface area contributed by atoms with E-state index in [1.165, 1.54) is 0 Å². The Morgan fingerprint density at radius 1 is 1.05 bits per heavy atom. The Labute approximate surface area is 120 Å². The standard InChI is InChI=1S/C12H24O7Si/c1-11(13)12(14)19-9-5-7-18-8-6-10-20(15-2,16-3)17-4/h13H,1,5-10H2,2-4H3. The van der Waals surface area contributed by atoms with Gasteiger partial charge in [-0.15, -0.1) is 0 Å². The van der Waals surface area contributed by atoms with Gasteiger partial charge in [-0.1, -0.05) is 0 Å². The lowest BCUT2D eigenvalue weighted by Gasteiger charge is -2.24. The Morgan fingerprint density at radius 2 is 1.60 bits per heavy atom. The molecule has 20 heavy (non-hydrogen) atoms. The van der Waals surface area contributed by atoms with Gasteiger partial charge in [-0.3, -0.25) is 0 Å². The van der Waals surface area contributed by atoms with E-state index in [9.17, 15) is 4.79 Å². The van der Waals surface area contributed by atoms with Crippen molar-refractivity contribution in [1.29, 1.82) is 0 Å². The molecule has 0 aromatic rings. The average molecular weight is 308 g/mol. The van der Waals surface area contributed by atoms with Crippen LogP contribution in [0.1, 0.15) is 12.8 Å². The van der Waals surface area contributed by atoms with Crippen LogP contribution in [0, 0.1) is 0 Å². The van der Waals surface area contributed by atoms with Gasteiger partial charge in [-0.2, -0.15) is 0 Å². The molecule has 0 saturated heterocycles. The normalized spacial score (nSPS) is 11.3. The van der Waals surface area contributed by atoms with Gasteiger partial charge in [0.05, 0.1) is 6.61 Å². The van der Waals surface area contributed by atoms with Gasteiger partial charge in [0, 0.05) is 47.0 Å². The average Bonchev–Trinajstić information content (AvgIpc) is 2.46. The topological polar surface area (TPSA) is 83.5 Å². The zero-order chi connectivity index (χ0) is 15.4. The summed E-state index contributed by atoms with van der Waals surface area (Å²) in [7, 11) is 2.21. The molecule has 0 bridgehead atoms. The SMILES string of the molecule is C=C(O)C(=O)OCCCOCCC[Si](OC)(OC)OC. The summed E-state index contributed by atoms with van der Waals surface area (Å²) in [4.78, 5) is 10.8. The van der Waals surface area contributed by atoms with Crippen LogP contribution in [-0.4, -0.2) is 61.0 Å². The summed E-state index contributed by atoms with van der Waals surface area (Å²) in [5.41, 5.74) is 0. The van der Waals surface area contributed by atoms with E-state index in [1.54, 1.807) is 21.3 Å². The molecule has 0 saturated carbocycles. The second-order valence-electron chi connectivity index (χ2n) is 3.95. The van der Waals surface area contributed by atoms with E-state index in [-0.39, 0.29) is 6.61 Å². The maximum Gasteiger partial charge on any atom is 0.500 e. The fourth-order valence-electron chi connectivity index (χ4n) is 1.46. The lowest BCUT2D eigenvalue weighted by molar-refractivity contribution is -0.142. The van der Waals surface area contributed by atoms with Crippen molar-refractivity contribution < 1.29 is 32.7 Å². The molecule has 0 unspecified atom stereocenters. The Kier molecular flexibility index (Phi) is 10.3. The smallest absolute Gasteiger partial charge is 0.500 e. The van der Waals surface area contributed by atoms with E-state index in [0.29, 0.717) is 25.7 Å². The van der Waals surface area contributed by atoms with Crippen LogP contribution in [0.25, 0.3) is 0 Å². The minimum atomic E-state index is -2.51. The van der Waals surface area contributed by atoms with Crippen molar-refractivity contribution in [2.24, 2.45) is 0 Å². The van der Waals surface area contributed by atoms with Gasteiger partial charge < -0.3 is 27.9 Å². The van der Waals surface area contributed by atoms with Crippen molar-refractivity contribution in [3.63, 3.8) is 0 Å². The molecular formula is C12H24O7Si. The van der Waals surface area contributed by atoms with E-state index < -0.39 is 20.5 Å². The highest BCUT2D eigenvalue weighted by atomic mass is 28.4. The summed E-state index contributed by atoms with van der Waals surface area (Å²) in [6, 6.07) is 0.676. The fourth-order valence-corrected chi connectivity index (χ4v) is 3.15. The predicted octanol–water partition coefficient (Wildman–Crippen LogP) is 1.28. The molecule has 0 amide bonds. The lowest BCUT2D eigenvalue weighted by Crippen LogP contribution is -2.42. The number of carbonyl (C=O) groups is 1. The molecule has 0 rings (SSSR count). The number of carbonyl (C=O) groups excluding carboxylic acids is 1. The number of aliphatic hydroxyl groups excluding tert-OH is 1. The number of esters is 1. The molecule has 0 fully saturated rings. The van der Waals surface area contributed by atoms with Crippen LogP contribution >= 0.6 is 0 Å². The van der Waals surface area contributed by atoms with E-state index in [0.717, 1.165) is 6.42 Å². The Morgan fingerprint density at radius 3 is 2.10 bits per heavy atom. The van der Waals surface area contributed by atoms with Crippen LogP contribution in [0.2, 0.25) is 6.04 Å². The summed E-state index contributed by atoms with van der Waals surface area (Å²) in [6.07, 6.45) is 1.31. The minimum absolute atomic E-state index is 0.186. The first-order valence-corrected chi connectivity index (χ1v) is 8.22. The van der Waals surface area contributed by atoms with Crippen molar-refractivity contribution in [2.75, 3.05) is 41.2 Å². The molecule has 0 radical (unpaired) electrons. The second kappa shape index (κ2) is 10.8. The highest BCUT2D eigenvalue weighted by molar-refractivity contribution is 6.60. The summed E-state index contributed by atoms with van der Waals surface area (Å²) < 4.78 is 25.9. The first-order chi connectivity index (χ1) is 9.51. The maximum atomic E-state index is 10.8. The number of hydrogen-bond acceptors (Lipinski definition) is 7. The molecule has 8 heteroatoms. The van der Waals surface area contributed by atoms with Crippen LogP contribution < -0.4 is 0 Å². The van der Waals surface area contributed by atoms with Gasteiger partial charge in [0.1, 0.15) is 0 Å². The molecule has 7 nitrogen and oxygen atoms in total. The molecule has 1 N–H and O–H groups in total. The molecule has 0 aliphatic carbocycles. The minimum Gasteiger partial charge on any atom is -0.502 e. The zero-order valence-corrected chi connectivity index (χ0v) is 13.3. The molecule has 118 valence electrons. The van der Waals surface area contributed by atoms with Crippen LogP contribution in [0.4, 0.5) is 0 Å². The summed E-state index contributed by atoms with van der Waals surface area (Å²) in [6.45, 7) is 4.26. The predicted molar refractivity (Wildman–Crippen MR) is 74.4 cm³/mol. The monoisotopic (exact) mass is 308 g/mol.